The number of nitrogen functional groups attached to an aromatic ring is 1. The average molecular weight is 274 g/mol. The zero-order chi connectivity index (χ0) is 14.0. The van der Waals surface area contributed by atoms with E-state index in [1.165, 1.54) is 4.90 Å². The second kappa shape index (κ2) is 5.08. The molecular formula is C12H13F3N2O2. The van der Waals surface area contributed by atoms with Crippen LogP contribution in [-0.2, 0) is 11.3 Å². The molecule has 1 aromatic rings. The Labute approximate surface area is 107 Å². The third-order valence-electron chi connectivity index (χ3n) is 2.78. The maximum absolute atomic E-state index is 11.9. The molecule has 104 valence electrons. The van der Waals surface area contributed by atoms with Gasteiger partial charge in [-0.3, -0.25) is 4.79 Å². The van der Waals surface area contributed by atoms with E-state index in [0.29, 0.717) is 17.8 Å². The fourth-order valence-corrected chi connectivity index (χ4v) is 1.92. The molecule has 1 heterocycles. The molecule has 4 nitrogen and oxygen atoms in total. The van der Waals surface area contributed by atoms with Crippen LogP contribution in [0.4, 0.5) is 18.9 Å². The molecule has 19 heavy (non-hydrogen) atoms. The van der Waals surface area contributed by atoms with E-state index >= 15 is 0 Å². The van der Waals surface area contributed by atoms with Crippen molar-refractivity contribution < 1.29 is 22.7 Å². The van der Waals surface area contributed by atoms with Crippen LogP contribution in [0.15, 0.2) is 18.2 Å². The molecule has 1 aliphatic rings. The summed E-state index contributed by atoms with van der Waals surface area (Å²) in [5, 5.41) is 0. The first-order valence-electron chi connectivity index (χ1n) is 5.69. The third-order valence-corrected chi connectivity index (χ3v) is 2.78. The molecule has 0 aliphatic carbocycles. The smallest absolute Gasteiger partial charge is 0.399 e. The summed E-state index contributed by atoms with van der Waals surface area (Å²) in [6.45, 7) is -0.934. The van der Waals surface area contributed by atoms with Crippen molar-refractivity contribution in [2.24, 2.45) is 0 Å². The summed E-state index contributed by atoms with van der Waals surface area (Å²) in [6, 6.07) is 5.02. The first-order chi connectivity index (χ1) is 8.87. The summed E-state index contributed by atoms with van der Waals surface area (Å²) >= 11 is 0. The number of ether oxygens (including phenoxy) is 1. The number of benzene rings is 1. The van der Waals surface area contributed by atoms with E-state index in [0.717, 1.165) is 5.56 Å². The van der Waals surface area contributed by atoms with Gasteiger partial charge in [0.1, 0.15) is 6.61 Å². The minimum absolute atomic E-state index is 0.128. The molecule has 0 radical (unpaired) electrons. The van der Waals surface area contributed by atoms with Gasteiger partial charge < -0.3 is 15.4 Å². The lowest BCUT2D eigenvalue weighted by molar-refractivity contribution is -0.174. The Morgan fingerprint density at radius 3 is 2.79 bits per heavy atom. The van der Waals surface area contributed by atoms with Crippen LogP contribution in [0.3, 0.4) is 0 Å². The van der Waals surface area contributed by atoms with E-state index in [9.17, 15) is 18.0 Å². The molecule has 0 atom stereocenters. The van der Waals surface area contributed by atoms with Gasteiger partial charge in [-0.1, -0.05) is 6.07 Å². The number of nitrogens with two attached hydrogens (primary N) is 1. The topological polar surface area (TPSA) is 55.6 Å². The molecule has 0 saturated carbocycles. The van der Waals surface area contributed by atoms with Crippen LogP contribution < -0.4 is 5.73 Å². The Hall–Kier alpha value is -1.76. The van der Waals surface area contributed by atoms with E-state index in [2.05, 4.69) is 4.74 Å². The van der Waals surface area contributed by atoms with Crippen LogP contribution in [0.5, 0.6) is 0 Å². The standard InChI is InChI=1S/C12H13F3N2O2/c13-12(14,15)7-19-4-3-17-6-8-1-2-9(16)5-10(8)11(17)18/h1-2,5H,3-4,6-7,16H2. The van der Waals surface area contributed by atoms with Crippen molar-refractivity contribution in [1.29, 1.82) is 0 Å². The van der Waals surface area contributed by atoms with Crippen LogP contribution in [0.25, 0.3) is 0 Å². The number of carbonyl (C=O) groups excluding carboxylic acids is 1. The van der Waals surface area contributed by atoms with Crippen LogP contribution in [-0.4, -0.2) is 36.7 Å². The molecule has 0 bridgehead atoms. The molecule has 0 unspecified atom stereocenters. The fraction of sp³-hybridized carbons (Fsp3) is 0.417. The zero-order valence-electron chi connectivity index (χ0n) is 10.0. The second-order valence-electron chi connectivity index (χ2n) is 4.31. The molecule has 0 fully saturated rings. The summed E-state index contributed by atoms with van der Waals surface area (Å²) in [7, 11) is 0. The minimum Gasteiger partial charge on any atom is -0.399 e. The first-order valence-corrected chi connectivity index (χ1v) is 5.69. The summed E-state index contributed by atoms with van der Waals surface area (Å²) < 4.78 is 40.1. The van der Waals surface area contributed by atoms with Gasteiger partial charge in [0.15, 0.2) is 0 Å². The van der Waals surface area contributed by atoms with Crippen molar-refractivity contribution in [3.8, 4) is 0 Å². The van der Waals surface area contributed by atoms with E-state index in [-0.39, 0.29) is 19.1 Å². The van der Waals surface area contributed by atoms with E-state index in [1.54, 1.807) is 18.2 Å². The number of hydrogen-bond donors (Lipinski definition) is 1. The molecule has 1 aromatic carbocycles. The Bertz CT molecular complexity index is 488. The molecule has 2 rings (SSSR count). The van der Waals surface area contributed by atoms with Gasteiger partial charge in [0, 0.05) is 24.3 Å². The summed E-state index contributed by atoms with van der Waals surface area (Å²) in [6.07, 6.45) is -4.34. The molecule has 2 N–H and O–H groups in total. The number of amides is 1. The molecule has 0 spiro atoms. The largest absolute Gasteiger partial charge is 0.411 e. The van der Waals surface area contributed by atoms with Crippen molar-refractivity contribution in [3.05, 3.63) is 29.3 Å². The van der Waals surface area contributed by atoms with Gasteiger partial charge in [-0.05, 0) is 17.7 Å². The zero-order valence-corrected chi connectivity index (χ0v) is 10.0. The number of hydrogen-bond acceptors (Lipinski definition) is 3. The van der Waals surface area contributed by atoms with Crippen molar-refractivity contribution in [1.82, 2.24) is 4.90 Å². The molecular weight excluding hydrogens is 261 g/mol. The first kappa shape index (κ1) is 13.7. The third kappa shape index (κ3) is 3.37. The molecule has 1 amide bonds. The lowest BCUT2D eigenvalue weighted by Gasteiger charge is -2.15. The number of fused-ring (bicyclic) bond motifs is 1. The number of alkyl halides is 3. The van der Waals surface area contributed by atoms with Crippen molar-refractivity contribution >= 4 is 11.6 Å². The average Bonchev–Trinajstić information content (AvgIpc) is 2.61. The molecule has 0 aromatic heterocycles. The quantitative estimate of drug-likeness (QED) is 0.673. The maximum atomic E-state index is 11.9. The predicted molar refractivity (Wildman–Crippen MR) is 62.5 cm³/mol. The normalized spacial score (nSPS) is 14.9. The van der Waals surface area contributed by atoms with Crippen LogP contribution in [0.1, 0.15) is 15.9 Å². The SMILES string of the molecule is Nc1ccc2c(c1)C(=O)N(CCOCC(F)(F)F)C2. The van der Waals surface area contributed by atoms with Crippen molar-refractivity contribution in [2.75, 3.05) is 25.5 Å². The van der Waals surface area contributed by atoms with Gasteiger partial charge in [-0.25, -0.2) is 0 Å². The lowest BCUT2D eigenvalue weighted by Crippen LogP contribution is -2.29. The number of carbonyl (C=O) groups is 1. The summed E-state index contributed by atoms with van der Waals surface area (Å²) in [5.41, 5.74) is 7.41. The van der Waals surface area contributed by atoms with Gasteiger partial charge >= 0.3 is 6.18 Å². The van der Waals surface area contributed by atoms with E-state index in [4.69, 9.17) is 5.73 Å². The fourth-order valence-electron chi connectivity index (χ4n) is 1.92. The highest BCUT2D eigenvalue weighted by molar-refractivity contribution is 5.99. The summed E-state index contributed by atoms with van der Waals surface area (Å²) in [4.78, 5) is 13.4. The Morgan fingerprint density at radius 2 is 2.11 bits per heavy atom. The van der Waals surface area contributed by atoms with E-state index in [1.807, 2.05) is 0 Å². The van der Waals surface area contributed by atoms with Crippen LogP contribution in [0, 0.1) is 0 Å². The molecule has 7 heteroatoms. The number of nitrogens with zero attached hydrogens (tertiary/aromatic N) is 1. The van der Waals surface area contributed by atoms with Gasteiger partial charge in [0.25, 0.3) is 5.91 Å². The highest BCUT2D eigenvalue weighted by Gasteiger charge is 2.29. The van der Waals surface area contributed by atoms with Crippen molar-refractivity contribution in [2.45, 2.75) is 12.7 Å². The number of rotatable bonds is 4. The maximum Gasteiger partial charge on any atom is 0.411 e. The van der Waals surface area contributed by atoms with Gasteiger partial charge in [0.05, 0.1) is 6.61 Å². The Morgan fingerprint density at radius 1 is 1.37 bits per heavy atom. The second-order valence-corrected chi connectivity index (χ2v) is 4.31. The van der Waals surface area contributed by atoms with Crippen LogP contribution in [0.2, 0.25) is 0 Å². The lowest BCUT2D eigenvalue weighted by atomic mass is 10.1. The molecule has 0 saturated heterocycles. The Balaban J connectivity index is 1.87. The minimum atomic E-state index is -4.34. The monoisotopic (exact) mass is 274 g/mol. The summed E-state index contributed by atoms with van der Waals surface area (Å²) in [5.74, 6) is -0.224. The van der Waals surface area contributed by atoms with Gasteiger partial charge in [-0.15, -0.1) is 0 Å². The Kier molecular flexibility index (Phi) is 3.66. The van der Waals surface area contributed by atoms with Gasteiger partial charge in [0.2, 0.25) is 0 Å². The van der Waals surface area contributed by atoms with E-state index < -0.39 is 12.8 Å². The number of halogens is 3. The highest BCUT2D eigenvalue weighted by atomic mass is 19.4. The predicted octanol–water partition coefficient (Wildman–Crippen LogP) is 1.80. The van der Waals surface area contributed by atoms with Crippen molar-refractivity contribution in [3.63, 3.8) is 0 Å². The highest BCUT2D eigenvalue weighted by Crippen LogP contribution is 2.24. The number of anilines is 1. The molecule has 1 aliphatic heterocycles. The van der Waals surface area contributed by atoms with Crippen LogP contribution >= 0.6 is 0 Å². The van der Waals surface area contributed by atoms with Gasteiger partial charge in [-0.2, -0.15) is 13.2 Å².